The van der Waals surface area contributed by atoms with Gasteiger partial charge in [0.2, 0.25) is 21.8 Å². The van der Waals surface area contributed by atoms with Crippen molar-refractivity contribution >= 4 is 33.8 Å². The van der Waals surface area contributed by atoms with Crippen LogP contribution in [0.15, 0.2) is 24.4 Å². The summed E-state index contributed by atoms with van der Waals surface area (Å²) in [6.07, 6.45) is 12.6. The average molecular weight is 714 g/mol. The van der Waals surface area contributed by atoms with Gasteiger partial charge < -0.3 is 25.0 Å². The molecule has 1 aromatic heterocycles. The molecule has 3 aliphatic carbocycles. The molecule has 2 aliphatic heterocycles. The molecule has 6 rings (SSSR count). The summed E-state index contributed by atoms with van der Waals surface area (Å²) in [5, 5.41) is 5.67. The second-order valence-electron chi connectivity index (χ2n) is 15.8. The molecule has 0 unspecified atom stereocenters. The molecule has 13 nitrogen and oxygen atoms in total. The number of nitrogens with one attached hydrogen (secondary N) is 3. The molecule has 0 radical (unpaired) electrons. The van der Waals surface area contributed by atoms with Crippen molar-refractivity contribution < 1.29 is 37.1 Å². The molecule has 0 bridgehead atoms. The highest BCUT2D eigenvalue weighted by atomic mass is 32.2. The number of ether oxygens (including phenoxy) is 2. The highest BCUT2D eigenvalue weighted by Gasteiger charge is 2.63. The lowest BCUT2D eigenvalue weighted by Crippen LogP contribution is -2.58. The SMILES string of the molecule is CC(C)(C)OC(=O)N[C@H]1CCCCC/C=C\[C@@H]2C[C@@]2(C(=O)NS(=O)(=O)C2(C)CC2)NC(=O)[C@@H]2C[C@@H](Oc3ccnc4c3CCCC4)CN2C1=O. The van der Waals surface area contributed by atoms with E-state index in [1.165, 1.54) is 4.90 Å². The number of hydrogen-bond acceptors (Lipinski definition) is 9. The number of alkyl carbamates (subject to hydrolysis) is 1. The van der Waals surface area contributed by atoms with Gasteiger partial charge >= 0.3 is 6.09 Å². The highest BCUT2D eigenvalue weighted by Crippen LogP contribution is 2.47. The van der Waals surface area contributed by atoms with Crippen LogP contribution in [0.2, 0.25) is 0 Å². The lowest BCUT2D eigenvalue weighted by molar-refractivity contribution is -0.141. The number of carbonyl (C=O) groups is 4. The summed E-state index contributed by atoms with van der Waals surface area (Å²) in [6.45, 7) is 6.91. The molecule has 5 atom stereocenters. The van der Waals surface area contributed by atoms with Crippen LogP contribution < -0.4 is 20.1 Å². The van der Waals surface area contributed by atoms with E-state index in [1.54, 1.807) is 33.9 Å². The molecule has 4 amide bonds. The van der Waals surface area contributed by atoms with Crippen LogP contribution in [0.5, 0.6) is 5.75 Å². The van der Waals surface area contributed by atoms with E-state index in [4.69, 9.17) is 9.47 Å². The Bertz CT molecular complexity index is 1650. The summed E-state index contributed by atoms with van der Waals surface area (Å²) >= 11 is 0. The number of amides is 4. The zero-order chi connectivity index (χ0) is 35.9. The van der Waals surface area contributed by atoms with Gasteiger partial charge in [0.25, 0.3) is 5.91 Å². The van der Waals surface area contributed by atoms with Crippen LogP contribution in [-0.4, -0.2) is 82.7 Å². The Kier molecular flexibility index (Phi) is 9.97. The topological polar surface area (TPSA) is 173 Å². The monoisotopic (exact) mass is 713 g/mol. The summed E-state index contributed by atoms with van der Waals surface area (Å²) < 4.78 is 39.4. The first-order valence-electron chi connectivity index (χ1n) is 18.1. The number of aryl methyl sites for hydroxylation is 1. The van der Waals surface area contributed by atoms with Crippen LogP contribution >= 0.6 is 0 Å². The number of carbonyl (C=O) groups excluding carboxylic acids is 4. The Labute approximate surface area is 294 Å². The number of allylic oxidation sites excluding steroid dienone is 1. The summed E-state index contributed by atoms with van der Waals surface area (Å²) in [5.74, 6) is -1.51. The van der Waals surface area contributed by atoms with Crippen LogP contribution in [0.1, 0.15) is 110 Å². The predicted molar refractivity (Wildman–Crippen MR) is 184 cm³/mol. The Hall–Kier alpha value is -3.68. The van der Waals surface area contributed by atoms with Crippen molar-refractivity contribution in [3.8, 4) is 5.75 Å². The van der Waals surface area contributed by atoms with Crippen LogP contribution in [0.25, 0.3) is 0 Å². The zero-order valence-corrected chi connectivity index (χ0v) is 30.4. The summed E-state index contributed by atoms with van der Waals surface area (Å²) in [4.78, 5) is 61.4. The van der Waals surface area contributed by atoms with E-state index in [-0.39, 0.29) is 19.4 Å². The minimum Gasteiger partial charge on any atom is -0.488 e. The maximum absolute atomic E-state index is 14.4. The van der Waals surface area contributed by atoms with Crippen molar-refractivity contribution in [2.45, 2.75) is 145 Å². The molecule has 0 aromatic carbocycles. The number of hydrogen-bond donors (Lipinski definition) is 3. The van der Waals surface area contributed by atoms with Gasteiger partial charge in [-0.1, -0.05) is 25.0 Å². The smallest absolute Gasteiger partial charge is 0.408 e. The summed E-state index contributed by atoms with van der Waals surface area (Å²) in [7, 11) is -3.96. The van der Waals surface area contributed by atoms with Crippen molar-refractivity contribution in [2.24, 2.45) is 5.92 Å². The maximum Gasteiger partial charge on any atom is 0.408 e. The quantitative estimate of drug-likeness (QED) is 0.373. The van der Waals surface area contributed by atoms with Gasteiger partial charge in [-0.2, -0.15) is 0 Å². The first-order chi connectivity index (χ1) is 23.6. The molecular weight excluding hydrogens is 662 g/mol. The largest absolute Gasteiger partial charge is 0.488 e. The molecule has 1 aromatic rings. The second-order valence-corrected chi connectivity index (χ2v) is 18.0. The van der Waals surface area contributed by atoms with Crippen molar-refractivity contribution in [1.29, 1.82) is 0 Å². The highest BCUT2D eigenvalue weighted by molar-refractivity contribution is 7.91. The van der Waals surface area contributed by atoms with Gasteiger partial charge in [0, 0.05) is 29.8 Å². The number of sulfonamides is 1. The van der Waals surface area contributed by atoms with Crippen LogP contribution in [0, 0.1) is 5.92 Å². The third kappa shape index (κ3) is 7.79. The molecule has 3 fully saturated rings. The van der Waals surface area contributed by atoms with Gasteiger partial charge in [0.1, 0.15) is 35.1 Å². The molecule has 2 saturated carbocycles. The molecule has 5 aliphatic rings. The third-order valence-corrected chi connectivity index (χ3v) is 12.8. The first kappa shape index (κ1) is 36.1. The van der Waals surface area contributed by atoms with Gasteiger partial charge in [-0.25, -0.2) is 13.2 Å². The normalized spacial score (nSPS) is 30.2. The standard InChI is InChI=1S/C36H51N5O8S/c1-34(2,3)49-33(45)38-27-15-9-7-5-6-8-12-23-21-36(23,32(44)40-50(46,47)35(4)17-18-35)39-30(42)28-20-24(22-41(28)31(27)43)48-29-16-19-37-26-14-11-10-13-25(26)29/h8,12,16,19,23-24,27-28H,5-7,9-11,13-15,17-18,20-22H2,1-4H3,(H,38,45)(H,39,42)(H,40,44)/b12-8-/t23-,24-,27+,28+,36-/m1/s1. The molecule has 3 N–H and O–H groups in total. The first-order valence-corrected chi connectivity index (χ1v) is 19.6. The molecular formula is C36H51N5O8S. The molecule has 14 heteroatoms. The van der Waals surface area contributed by atoms with E-state index < -0.39 is 73.8 Å². The molecule has 50 heavy (non-hydrogen) atoms. The van der Waals surface area contributed by atoms with E-state index in [2.05, 4.69) is 20.3 Å². The van der Waals surface area contributed by atoms with E-state index >= 15 is 0 Å². The van der Waals surface area contributed by atoms with Crippen LogP contribution in [0.4, 0.5) is 4.79 Å². The van der Waals surface area contributed by atoms with E-state index in [1.807, 2.05) is 18.2 Å². The summed E-state index contributed by atoms with van der Waals surface area (Å²) in [5.41, 5.74) is -0.221. The molecule has 274 valence electrons. The third-order valence-electron chi connectivity index (χ3n) is 10.7. The predicted octanol–water partition coefficient (Wildman–Crippen LogP) is 3.60. The van der Waals surface area contributed by atoms with E-state index in [9.17, 15) is 27.6 Å². The fraction of sp³-hybridized carbons (Fsp3) is 0.694. The minimum absolute atomic E-state index is 0.0791. The number of fused-ring (bicyclic) bond motifs is 3. The second kappa shape index (κ2) is 13.8. The lowest BCUT2D eigenvalue weighted by atomic mass is 9.95. The Morgan fingerprint density at radius 3 is 2.58 bits per heavy atom. The Morgan fingerprint density at radius 2 is 1.84 bits per heavy atom. The van der Waals surface area contributed by atoms with Gasteiger partial charge in [-0.15, -0.1) is 0 Å². The maximum atomic E-state index is 14.4. The number of nitrogens with zero attached hydrogens (tertiary/aromatic N) is 2. The van der Waals surface area contributed by atoms with Gasteiger partial charge in [0.15, 0.2) is 0 Å². The number of pyridine rings is 1. The van der Waals surface area contributed by atoms with Crippen molar-refractivity contribution in [2.75, 3.05) is 6.54 Å². The average Bonchev–Trinajstić information content (AvgIpc) is 3.92. The van der Waals surface area contributed by atoms with Gasteiger partial charge in [0.05, 0.1) is 11.3 Å². The lowest BCUT2D eigenvalue weighted by Gasteiger charge is -2.30. The van der Waals surface area contributed by atoms with Gasteiger partial charge in [-0.05, 0) is 98.0 Å². The molecule has 3 heterocycles. The molecule has 0 spiro atoms. The zero-order valence-electron chi connectivity index (χ0n) is 29.6. The minimum atomic E-state index is -3.96. The van der Waals surface area contributed by atoms with E-state index in [0.29, 0.717) is 37.9 Å². The number of aromatic nitrogens is 1. The van der Waals surface area contributed by atoms with Crippen LogP contribution in [0.3, 0.4) is 0 Å². The van der Waals surface area contributed by atoms with E-state index in [0.717, 1.165) is 49.8 Å². The Balaban J connectivity index is 1.29. The van der Waals surface area contributed by atoms with Crippen LogP contribution in [-0.2, 0) is 42.0 Å². The Morgan fingerprint density at radius 1 is 1.08 bits per heavy atom. The van der Waals surface area contributed by atoms with Crippen molar-refractivity contribution in [3.05, 3.63) is 35.7 Å². The van der Waals surface area contributed by atoms with Crippen molar-refractivity contribution in [1.82, 2.24) is 25.2 Å². The van der Waals surface area contributed by atoms with Crippen molar-refractivity contribution in [3.63, 3.8) is 0 Å². The van der Waals surface area contributed by atoms with Gasteiger partial charge in [-0.3, -0.25) is 24.1 Å². The fourth-order valence-electron chi connectivity index (χ4n) is 7.28. The number of rotatable bonds is 6. The molecule has 1 saturated heterocycles. The summed E-state index contributed by atoms with van der Waals surface area (Å²) in [6, 6.07) is -0.176. The fourth-order valence-corrected chi connectivity index (χ4v) is 8.59.